The molecule has 98 valence electrons. The van der Waals surface area contributed by atoms with Gasteiger partial charge in [0.05, 0.1) is 11.1 Å². The summed E-state index contributed by atoms with van der Waals surface area (Å²) in [6.45, 7) is 1.17. The number of hydrogen-bond acceptors (Lipinski definition) is 4. The molecule has 1 saturated heterocycles. The van der Waals surface area contributed by atoms with Crippen LogP contribution < -0.4 is 5.73 Å². The molecule has 18 heavy (non-hydrogen) atoms. The molecule has 7 heteroatoms. The van der Waals surface area contributed by atoms with Crippen molar-refractivity contribution in [1.29, 1.82) is 0 Å². The molecule has 2 rings (SSSR count). The zero-order valence-electron chi connectivity index (χ0n) is 10.2. The van der Waals surface area contributed by atoms with Crippen LogP contribution >= 0.6 is 0 Å². The minimum absolute atomic E-state index is 0.00189. The first-order chi connectivity index (χ1) is 8.49. The van der Waals surface area contributed by atoms with Crippen molar-refractivity contribution in [1.82, 2.24) is 9.47 Å². The fourth-order valence-electron chi connectivity index (χ4n) is 2.22. The lowest BCUT2D eigenvalue weighted by atomic mass is 10.1. The maximum atomic E-state index is 12.2. The number of aryl methyl sites for hydroxylation is 1. The van der Waals surface area contributed by atoms with Gasteiger partial charge < -0.3 is 15.2 Å². The molecule has 2 heterocycles. The van der Waals surface area contributed by atoms with E-state index in [4.69, 9.17) is 5.73 Å². The van der Waals surface area contributed by atoms with E-state index < -0.39 is 4.92 Å². The summed E-state index contributed by atoms with van der Waals surface area (Å²) in [5.74, 6) is -0.194. The fraction of sp³-hybridized carbons (Fsp3) is 0.545. The van der Waals surface area contributed by atoms with Crippen molar-refractivity contribution in [3.63, 3.8) is 0 Å². The Kier molecular flexibility index (Phi) is 3.33. The Balaban J connectivity index is 2.20. The predicted octanol–water partition coefficient (Wildman–Crippen LogP) is 0.497. The number of likely N-dealkylation sites (tertiary alicyclic amines) is 1. The monoisotopic (exact) mass is 252 g/mol. The first-order valence-electron chi connectivity index (χ1n) is 5.84. The van der Waals surface area contributed by atoms with E-state index >= 15 is 0 Å². The number of piperidine rings is 1. The van der Waals surface area contributed by atoms with Crippen molar-refractivity contribution in [3.8, 4) is 0 Å². The Morgan fingerprint density at radius 1 is 1.61 bits per heavy atom. The minimum Gasteiger partial charge on any atom is -0.340 e. The van der Waals surface area contributed by atoms with Crippen LogP contribution in [0.4, 0.5) is 5.69 Å². The number of carbonyl (C=O) groups excluding carboxylic acids is 1. The molecule has 2 N–H and O–H groups in total. The molecule has 1 aromatic rings. The number of hydrogen-bond donors (Lipinski definition) is 1. The van der Waals surface area contributed by atoms with E-state index in [0.717, 1.165) is 12.8 Å². The zero-order valence-corrected chi connectivity index (χ0v) is 10.2. The number of nitrogens with two attached hydrogens (primary N) is 1. The van der Waals surface area contributed by atoms with Crippen molar-refractivity contribution in [2.75, 3.05) is 13.1 Å². The minimum atomic E-state index is -0.501. The Morgan fingerprint density at radius 2 is 2.33 bits per heavy atom. The molecular weight excluding hydrogens is 236 g/mol. The average molecular weight is 252 g/mol. The van der Waals surface area contributed by atoms with E-state index in [0.29, 0.717) is 18.8 Å². The van der Waals surface area contributed by atoms with E-state index in [1.165, 1.54) is 16.8 Å². The number of rotatable bonds is 2. The van der Waals surface area contributed by atoms with Gasteiger partial charge >= 0.3 is 0 Å². The largest absolute Gasteiger partial charge is 0.340 e. The smallest absolute Gasteiger partial charge is 0.287 e. The van der Waals surface area contributed by atoms with Crippen LogP contribution in [0.3, 0.4) is 0 Å². The molecular formula is C11H16N4O3. The van der Waals surface area contributed by atoms with E-state index in [2.05, 4.69) is 0 Å². The van der Waals surface area contributed by atoms with Crippen molar-refractivity contribution < 1.29 is 9.72 Å². The van der Waals surface area contributed by atoms with Crippen LogP contribution in [0.5, 0.6) is 0 Å². The summed E-state index contributed by atoms with van der Waals surface area (Å²) < 4.78 is 1.49. The van der Waals surface area contributed by atoms with Crippen LogP contribution in [0.15, 0.2) is 12.3 Å². The molecule has 7 nitrogen and oxygen atoms in total. The number of nitrogens with zero attached hydrogens (tertiary/aromatic N) is 3. The van der Waals surface area contributed by atoms with E-state index in [1.54, 1.807) is 11.9 Å². The fourth-order valence-corrected chi connectivity index (χ4v) is 2.22. The van der Waals surface area contributed by atoms with Crippen LogP contribution in [-0.4, -0.2) is 39.4 Å². The number of aromatic nitrogens is 1. The Hall–Kier alpha value is -1.89. The number of carbonyl (C=O) groups is 1. The molecule has 1 atom stereocenters. The second kappa shape index (κ2) is 4.77. The van der Waals surface area contributed by atoms with Crippen LogP contribution in [0, 0.1) is 10.1 Å². The number of amides is 1. The summed E-state index contributed by atoms with van der Waals surface area (Å²) in [6.07, 6.45) is 3.13. The van der Waals surface area contributed by atoms with Gasteiger partial charge in [0.25, 0.3) is 11.6 Å². The SMILES string of the molecule is Cn1cc([N+](=O)[O-])cc1C(=O)N1CCCC(N)C1. The highest BCUT2D eigenvalue weighted by molar-refractivity contribution is 5.93. The molecule has 0 spiro atoms. The highest BCUT2D eigenvalue weighted by atomic mass is 16.6. The first kappa shape index (κ1) is 12.6. The van der Waals surface area contributed by atoms with Gasteiger partial charge in [-0.25, -0.2) is 0 Å². The molecule has 1 fully saturated rings. The molecule has 1 aromatic heterocycles. The van der Waals surface area contributed by atoms with Crippen LogP contribution in [-0.2, 0) is 7.05 Å². The van der Waals surface area contributed by atoms with E-state index in [-0.39, 0.29) is 17.6 Å². The predicted molar refractivity (Wildman–Crippen MR) is 65.2 cm³/mol. The van der Waals surface area contributed by atoms with Gasteiger partial charge in [0.15, 0.2) is 0 Å². The van der Waals surface area contributed by atoms with Gasteiger partial charge in [0.1, 0.15) is 5.69 Å². The molecule has 1 unspecified atom stereocenters. The first-order valence-corrected chi connectivity index (χ1v) is 5.84. The third-order valence-electron chi connectivity index (χ3n) is 3.17. The summed E-state index contributed by atoms with van der Waals surface area (Å²) in [5, 5.41) is 10.7. The van der Waals surface area contributed by atoms with E-state index in [1.807, 2.05) is 0 Å². The van der Waals surface area contributed by atoms with Crippen molar-refractivity contribution in [2.45, 2.75) is 18.9 Å². The standard InChI is InChI=1S/C11H16N4O3/c1-13-7-9(15(17)18)5-10(13)11(16)14-4-2-3-8(12)6-14/h5,7-8H,2-4,6,12H2,1H3. The Labute approximate surface area is 104 Å². The maximum absolute atomic E-state index is 12.2. The van der Waals surface area contributed by atoms with Gasteiger partial charge in [-0.15, -0.1) is 0 Å². The summed E-state index contributed by atoms with van der Waals surface area (Å²) in [4.78, 5) is 24.1. The summed E-state index contributed by atoms with van der Waals surface area (Å²) in [7, 11) is 1.63. The van der Waals surface area contributed by atoms with Crippen molar-refractivity contribution in [3.05, 3.63) is 28.1 Å². The van der Waals surface area contributed by atoms with Gasteiger partial charge in [0.2, 0.25) is 0 Å². The molecule has 0 saturated carbocycles. The van der Waals surface area contributed by atoms with Crippen LogP contribution in [0.2, 0.25) is 0 Å². The number of nitro groups is 1. The highest BCUT2D eigenvalue weighted by Gasteiger charge is 2.25. The van der Waals surface area contributed by atoms with Crippen LogP contribution in [0.25, 0.3) is 0 Å². The molecule has 1 aliphatic heterocycles. The van der Waals surface area contributed by atoms with Gasteiger partial charge in [-0.3, -0.25) is 14.9 Å². The lowest BCUT2D eigenvalue weighted by Gasteiger charge is -2.30. The molecule has 0 bridgehead atoms. The molecule has 0 radical (unpaired) electrons. The zero-order chi connectivity index (χ0) is 13.3. The average Bonchev–Trinajstić information content (AvgIpc) is 2.70. The van der Waals surface area contributed by atoms with Crippen molar-refractivity contribution in [2.24, 2.45) is 12.8 Å². The van der Waals surface area contributed by atoms with E-state index in [9.17, 15) is 14.9 Å². The second-order valence-electron chi connectivity index (χ2n) is 4.61. The summed E-state index contributed by atoms with van der Waals surface area (Å²) in [6, 6.07) is 1.31. The Morgan fingerprint density at radius 3 is 2.89 bits per heavy atom. The molecule has 1 aliphatic rings. The summed E-state index contributed by atoms with van der Waals surface area (Å²) in [5.41, 5.74) is 6.09. The normalized spacial score (nSPS) is 19.9. The lowest BCUT2D eigenvalue weighted by molar-refractivity contribution is -0.384. The topological polar surface area (TPSA) is 94.4 Å². The van der Waals surface area contributed by atoms with Gasteiger partial charge in [-0.2, -0.15) is 0 Å². The third kappa shape index (κ3) is 2.35. The second-order valence-corrected chi connectivity index (χ2v) is 4.61. The molecule has 0 aliphatic carbocycles. The third-order valence-corrected chi connectivity index (χ3v) is 3.17. The maximum Gasteiger partial charge on any atom is 0.287 e. The summed E-state index contributed by atoms with van der Waals surface area (Å²) >= 11 is 0. The highest BCUT2D eigenvalue weighted by Crippen LogP contribution is 2.18. The van der Waals surface area contributed by atoms with Gasteiger partial charge in [-0.05, 0) is 12.8 Å². The molecule has 1 amide bonds. The quantitative estimate of drug-likeness (QED) is 0.612. The Bertz CT molecular complexity index is 483. The van der Waals surface area contributed by atoms with Gasteiger partial charge in [0, 0.05) is 32.2 Å². The molecule has 0 aromatic carbocycles. The lowest BCUT2D eigenvalue weighted by Crippen LogP contribution is -2.46. The van der Waals surface area contributed by atoms with Crippen molar-refractivity contribution >= 4 is 11.6 Å². The van der Waals surface area contributed by atoms with Gasteiger partial charge in [-0.1, -0.05) is 0 Å². The van der Waals surface area contributed by atoms with Crippen LogP contribution in [0.1, 0.15) is 23.3 Å².